The van der Waals surface area contributed by atoms with E-state index < -0.39 is 32.7 Å². The summed E-state index contributed by atoms with van der Waals surface area (Å²) >= 11 is 0. The van der Waals surface area contributed by atoms with Gasteiger partial charge in [-0.2, -0.15) is 5.26 Å². The van der Waals surface area contributed by atoms with Crippen molar-refractivity contribution in [3.05, 3.63) is 24.0 Å². The van der Waals surface area contributed by atoms with Crippen molar-refractivity contribution in [3.63, 3.8) is 0 Å². The van der Waals surface area contributed by atoms with Gasteiger partial charge in [-0.25, -0.2) is 22.3 Å². The van der Waals surface area contributed by atoms with Gasteiger partial charge in [0.05, 0.1) is 12.6 Å². The lowest BCUT2D eigenvalue weighted by Gasteiger charge is -2.10. The molecule has 1 saturated carbocycles. The molecule has 1 aliphatic rings. The minimum absolute atomic E-state index is 0.0486. The Labute approximate surface area is 143 Å². The summed E-state index contributed by atoms with van der Waals surface area (Å²) in [5.74, 6) is -1.50. The molecule has 0 bridgehead atoms. The Morgan fingerprint density at radius 2 is 2.00 bits per heavy atom. The highest BCUT2D eigenvalue weighted by molar-refractivity contribution is 7.89. The first kappa shape index (κ1) is 18.6. The predicted octanol–water partition coefficient (Wildman–Crippen LogP) is 0.0277. The topological polar surface area (TPSA) is 140 Å². The van der Waals surface area contributed by atoms with Crippen molar-refractivity contribution in [1.29, 1.82) is 5.26 Å². The van der Waals surface area contributed by atoms with Gasteiger partial charge >= 0.3 is 6.03 Å². The zero-order chi connectivity index (χ0) is 18.4. The number of halogens is 1. The standard InChI is InChI=1S/C14H16FN5O4S/c15-11-4-3-10(7-12(11)25(23,24)20-9-1-2-9)19-14(22)18-8-13(21)17-6-5-16/h3-4,7,9,20H,1-2,6,8H2,(H,17,21)(H2,18,19,22). The third-order valence-corrected chi connectivity index (χ3v) is 4.69. The summed E-state index contributed by atoms with van der Waals surface area (Å²) in [7, 11) is -4.01. The Kier molecular flexibility index (Phi) is 5.89. The van der Waals surface area contributed by atoms with Crippen LogP contribution in [0, 0.1) is 17.1 Å². The number of nitriles is 1. The molecule has 0 spiro atoms. The smallest absolute Gasteiger partial charge is 0.319 e. The van der Waals surface area contributed by atoms with Crippen molar-refractivity contribution in [2.75, 3.05) is 18.4 Å². The lowest BCUT2D eigenvalue weighted by molar-refractivity contribution is -0.119. The van der Waals surface area contributed by atoms with Crippen LogP contribution >= 0.6 is 0 Å². The van der Waals surface area contributed by atoms with E-state index >= 15 is 0 Å². The highest BCUT2D eigenvalue weighted by Gasteiger charge is 2.29. The summed E-state index contributed by atoms with van der Waals surface area (Å²) in [6.07, 6.45) is 1.41. The number of benzene rings is 1. The number of nitrogens with one attached hydrogen (secondary N) is 4. The minimum Gasteiger partial charge on any atom is -0.341 e. The molecule has 1 aliphatic carbocycles. The van der Waals surface area contributed by atoms with Crippen molar-refractivity contribution < 1.29 is 22.4 Å². The zero-order valence-corrected chi connectivity index (χ0v) is 13.8. The molecule has 1 aromatic rings. The quantitative estimate of drug-likeness (QED) is 0.502. The van der Waals surface area contributed by atoms with Gasteiger partial charge in [0.25, 0.3) is 0 Å². The van der Waals surface area contributed by atoms with Crippen molar-refractivity contribution in [1.82, 2.24) is 15.4 Å². The lowest BCUT2D eigenvalue weighted by Crippen LogP contribution is -2.39. The molecule has 0 radical (unpaired) electrons. The van der Waals surface area contributed by atoms with Gasteiger partial charge in [0.1, 0.15) is 17.3 Å². The van der Waals surface area contributed by atoms with E-state index in [9.17, 15) is 22.4 Å². The monoisotopic (exact) mass is 369 g/mol. The third-order valence-electron chi connectivity index (χ3n) is 3.15. The second-order valence-corrected chi connectivity index (χ2v) is 6.97. The number of carbonyl (C=O) groups excluding carboxylic acids is 2. The molecule has 2 rings (SSSR count). The van der Waals surface area contributed by atoms with Crippen molar-refractivity contribution in [2.45, 2.75) is 23.8 Å². The molecule has 11 heteroatoms. The number of amides is 3. The van der Waals surface area contributed by atoms with Crippen LogP contribution in [-0.4, -0.2) is 39.5 Å². The Bertz CT molecular complexity index is 817. The van der Waals surface area contributed by atoms with Crippen LogP contribution < -0.4 is 20.7 Å². The molecule has 0 aromatic heterocycles. The summed E-state index contributed by atoms with van der Waals surface area (Å²) in [4.78, 5) is 22.4. The molecule has 134 valence electrons. The molecule has 0 aliphatic heterocycles. The van der Waals surface area contributed by atoms with Crippen molar-refractivity contribution >= 4 is 27.6 Å². The molecule has 0 saturated heterocycles. The normalized spacial score (nSPS) is 13.6. The van der Waals surface area contributed by atoms with E-state index in [1.165, 1.54) is 6.07 Å². The summed E-state index contributed by atoms with van der Waals surface area (Å²) in [6, 6.07) is 3.86. The van der Waals surface area contributed by atoms with Gasteiger partial charge in [-0.15, -0.1) is 0 Å². The number of nitrogens with zero attached hydrogens (tertiary/aromatic N) is 1. The maximum Gasteiger partial charge on any atom is 0.319 e. The molecule has 1 fully saturated rings. The second kappa shape index (κ2) is 7.91. The summed E-state index contributed by atoms with van der Waals surface area (Å²) in [5.41, 5.74) is 0.0486. The Morgan fingerprint density at radius 3 is 2.64 bits per heavy atom. The number of urea groups is 1. The number of hydrogen-bond donors (Lipinski definition) is 4. The fourth-order valence-electron chi connectivity index (χ4n) is 1.81. The lowest BCUT2D eigenvalue weighted by atomic mass is 10.3. The molecular formula is C14H16FN5O4S. The van der Waals surface area contributed by atoms with Crippen molar-refractivity contribution in [2.24, 2.45) is 0 Å². The molecule has 3 amide bonds. The average molecular weight is 369 g/mol. The largest absolute Gasteiger partial charge is 0.341 e. The molecule has 0 heterocycles. The van der Waals surface area contributed by atoms with Crippen LogP contribution in [0.2, 0.25) is 0 Å². The second-order valence-electron chi connectivity index (χ2n) is 5.28. The number of anilines is 1. The van der Waals surface area contributed by atoms with Gasteiger partial charge < -0.3 is 16.0 Å². The highest BCUT2D eigenvalue weighted by atomic mass is 32.2. The first-order valence-electron chi connectivity index (χ1n) is 7.32. The Balaban J connectivity index is 1.98. The van der Waals surface area contributed by atoms with Crippen LogP contribution in [0.4, 0.5) is 14.9 Å². The molecule has 25 heavy (non-hydrogen) atoms. The van der Waals surface area contributed by atoms with Crippen LogP contribution in [0.3, 0.4) is 0 Å². The Hall–Kier alpha value is -2.71. The predicted molar refractivity (Wildman–Crippen MR) is 85.4 cm³/mol. The number of sulfonamides is 1. The molecule has 0 atom stereocenters. The molecule has 4 N–H and O–H groups in total. The number of carbonyl (C=O) groups is 2. The average Bonchev–Trinajstić information content (AvgIpc) is 3.35. The van der Waals surface area contributed by atoms with Crippen LogP contribution in [0.5, 0.6) is 0 Å². The van der Waals surface area contributed by atoms with Gasteiger partial charge in [-0.1, -0.05) is 0 Å². The van der Waals surface area contributed by atoms with Crippen LogP contribution in [-0.2, 0) is 14.8 Å². The first-order chi connectivity index (χ1) is 11.8. The SMILES string of the molecule is N#CCNC(=O)CNC(=O)Nc1ccc(F)c(S(=O)(=O)NC2CC2)c1. The Morgan fingerprint density at radius 1 is 1.28 bits per heavy atom. The fourth-order valence-corrected chi connectivity index (χ4v) is 3.22. The summed E-state index contributed by atoms with van der Waals surface area (Å²) in [6.45, 7) is -0.557. The first-order valence-corrected chi connectivity index (χ1v) is 8.80. The van der Waals surface area contributed by atoms with E-state index in [1.54, 1.807) is 6.07 Å². The van der Waals surface area contributed by atoms with Gasteiger partial charge in [-0.05, 0) is 31.0 Å². The molecular weight excluding hydrogens is 353 g/mol. The fraction of sp³-hybridized carbons (Fsp3) is 0.357. The van der Waals surface area contributed by atoms with E-state index in [4.69, 9.17) is 5.26 Å². The van der Waals surface area contributed by atoms with Crippen LogP contribution in [0.1, 0.15) is 12.8 Å². The van der Waals surface area contributed by atoms with E-state index in [2.05, 4.69) is 20.7 Å². The van der Waals surface area contributed by atoms with Gasteiger partial charge in [0.2, 0.25) is 15.9 Å². The zero-order valence-electron chi connectivity index (χ0n) is 13.0. The van der Waals surface area contributed by atoms with Gasteiger partial charge in [-0.3, -0.25) is 4.79 Å². The summed E-state index contributed by atoms with van der Waals surface area (Å²) < 4.78 is 40.4. The van der Waals surface area contributed by atoms with Gasteiger partial charge in [0.15, 0.2) is 0 Å². The molecule has 9 nitrogen and oxygen atoms in total. The van der Waals surface area contributed by atoms with E-state index in [0.717, 1.165) is 12.1 Å². The van der Waals surface area contributed by atoms with Crippen molar-refractivity contribution in [3.8, 4) is 6.07 Å². The highest BCUT2D eigenvalue weighted by Crippen LogP contribution is 2.25. The summed E-state index contributed by atoms with van der Waals surface area (Å²) in [5, 5.41) is 15.1. The third kappa shape index (κ3) is 5.70. The maximum atomic E-state index is 13.8. The van der Waals surface area contributed by atoms with E-state index in [1.807, 2.05) is 0 Å². The molecule has 1 aromatic carbocycles. The van der Waals surface area contributed by atoms with Gasteiger partial charge in [0, 0.05) is 11.7 Å². The van der Waals surface area contributed by atoms with E-state index in [0.29, 0.717) is 12.8 Å². The maximum absolute atomic E-state index is 13.8. The minimum atomic E-state index is -4.01. The van der Waals surface area contributed by atoms with E-state index in [-0.39, 0.29) is 24.8 Å². The number of hydrogen-bond acceptors (Lipinski definition) is 5. The number of rotatable bonds is 7. The van der Waals surface area contributed by atoms with Crippen LogP contribution in [0.25, 0.3) is 0 Å². The van der Waals surface area contributed by atoms with Crippen LogP contribution in [0.15, 0.2) is 23.1 Å². The molecule has 0 unspecified atom stereocenters.